The van der Waals surface area contributed by atoms with Crippen molar-refractivity contribution in [2.75, 3.05) is 27.3 Å². The van der Waals surface area contributed by atoms with Gasteiger partial charge in [0.15, 0.2) is 18.7 Å². The van der Waals surface area contributed by atoms with Crippen LogP contribution in [0.1, 0.15) is 90.8 Å². The molecule has 3 fully saturated rings. The van der Waals surface area contributed by atoms with E-state index in [1.165, 1.54) is 38.3 Å². The van der Waals surface area contributed by atoms with Gasteiger partial charge in [-0.3, -0.25) is 14.4 Å². The normalized spacial score (nSPS) is 38.3. The topological polar surface area (TPSA) is 208 Å². The number of aliphatic hydroxyl groups is 2. The SMILES string of the molecule is CC[C@H]1OC(=O)[C@H](C)C(=O)[C@H](C)[C@@H](O[C@@H]2O[C@H](C)C[C@H](N(C)C)[C@H]2O)[C@@]2(C)C[C@@H](C)C(=NC(C)=O)C[C@@H](OC/C(=N/OCc3ccc(/C=N/O)s3)CO2)[C@]1(C)O. The third kappa shape index (κ3) is 11.1. The van der Waals surface area contributed by atoms with Crippen LogP contribution in [-0.4, -0.2) is 137 Å². The number of cyclic esters (lactones) is 1. The highest BCUT2D eigenvalue weighted by molar-refractivity contribution is 7.13. The monoisotopic (exact) mass is 808 g/mol. The maximum atomic E-state index is 14.4. The lowest BCUT2D eigenvalue weighted by Gasteiger charge is -2.47. The molecule has 17 heteroatoms. The first kappa shape index (κ1) is 45.5. The summed E-state index contributed by atoms with van der Waals surface area (Å²) in [5, 5.41) is 40.2. The van der Waals surface area contributed by atoms with Gasteiger partial charge in [0.25, 0.3) is 0 Å². The molecule has 4 heterocycles. The number of hydrogen-bond donors (Lipinski definition) is 3. The van der Waals surface area contributed by atoms with Crippen molar-refractivity contribution >= 4 is 46.6 Å². The molecule has 3 aliphatic rings. The van der Waals surface area contributed by atoms with E-state index in [-0.39, 0.29) is 56.9 Å². The molecule has 3 aliphatic heterocycles. The second-order valence-corrected chi connectivity index (χ2v) is 17.1. The molecular formula is C39H60N4O12S. The summed E-state index contributed by atoms with van der Waals surface area (Å²) in [5.74, 6) is -4.60. The van der Waals surface area contributed by atoms with Crippen LogP contribution in [0, 0.1) is 17.8 Å². The first-order chi connectivity index (χ1) is 26.3. The fraction of sp³-hybridized carbons (Fsp3) is 0.744. The van der Waals surface area contributed by atoms with Gasteiger partial charge < -0.3 is 48.8 Å². The van der Waals surface area contributed by atoms with Gasteiger partial charge in [0.1, 0.15) is 29.4 Å². The number of likely N-dealkylation sites (N-methyl/N-ethyl adjacent to an activating group) is 1. The summed E-state index contributed by atoms with van der Waals surface area (Å²) in [4.78, 5) is 54.4. The number of amides is 1. The zero-order valence-corrected chi connectivity index (χ0v) is 35.0. The van der Waals surface area contributed by atoms with E-state index in [2.05, 4.69) is 15.3 Å². The van der Waals surface area contributed by atoms with E-state index in [0.29, 0.717) is 17.0 Å². The molecule has 314 valence electrons. The van der Waals surface area contributed by atoms with Gasteiger partial charge in [0.05, 0.1) is 43.3 Å². The standard InChI is InChI=1S/C39H60N4O12S/c1-11-31-39(8,48)32-15-29(41-25(6)44)21(2)16-38(7,51-19-26(18-50-32)42-52-20-28-13-12-27(56-28)17-40-49)35(23(4)33(45)24(5)36(47)54-31)55-37-34(46)30(43(9)10)14-22(3)53-37/h12-13,17,21-24,30-32,34-35,37,46,48-49H,11,14-16,18-20H2,1-10H3/b40-17+,41-29?,42-26-/t21-,22-,23+,24-,30+,31-,32-,34-,35-,37+,38-,39-/m1/s1. The molecule has 2 bridgehead atoms. The van der Waals surface area contributed by atoms with Gasteiger partial charge in [0.2, 0.25) is 5.91 Å². The number of hydrogen-bond acceptors (Lipinski definition) is 16. The molecule has 16 nitrogen and oxygen atoms in total. The highest BCUT2D eigenvalue weighted by Crippen LogP contribution is 2.39. The molecule has 0 spiro atoms. The summed E-state index contributed by atoms with van der Waals surface area (Å²) < 4.78 is 32.1. The van der Waals surface area contributed by atoms with E-state index in [9.17, 15) is 24.6 Å². The summed E-state index contributed by atoms with van der Waals surface area (Å²) in [5.41, 5.74) is -2.54. The van der Waals surface area contributed by atoms with Crippen LogP contribution in [0.2, 0.25) is 0 Å². The van der Waals surface area contributed by atoms with Crippen LogP contribution >= 0.6 is 11.3 Å². The smallest absolute Gasteiger partial charge is 0.316 e. The number of ether oxygens (including phenoxy) is 5. The van der Waals surface area contributed by atoms with Crippen LogP contribution < -0.4 is 0 Å². The highest BCUT2D eigenvalue weighted by Gasteiger charge is 2.51. The predicted molar refractivity (Wildman–Crippen MR) is 208 cm³/mol. The van der Waals surface area contributed by atoms with E-state index in [1.807, 2.05) is 38.9 Å². The summed E-state index contributed by atoms with van der Waals surface area (Å²) in [6, 6.07) is 3.26. The van der Waals surface area contributed by atoms with E-state index in [4.69, 9.17) is 33.7 Å². The third-order valence-corrected chi connectivity index (χ3v) is 12.0. The van der Waals surface area contributed by atoms with Gasteiger partial charge in [-0.15, -0.1) is 11.3 Å². The number of ketones is 1. The number of fused-ring (bicyclic) bond motifs is 5. The molecule has 3 N–H and O–H groups in total. The highest BCUT2D eigenvalue weighted by atomic mass is 32.1. The summed E-state index contributed by atoms with van der Waals surface area (Å²) in [6.07, 6.45) is -3.79. The van der Waals surface area contributed by atoms with Gasteiger partial charge in [-0.05, 0) is 79.1 Å². The second kappa shape index (κ2) is 19.5. The van der Waals surface area contributed by atoms with Crippen LogP contribution in [0.3, 0.4) is 0 Å². The van der Waals surface area contributed by atoms with Gasteiger partial charge in [-0.1, -0.05) is 31.1 Å². The Morgan fingerprint density at radius 2 is 1.86 bits per heavy atom. The second-order valence-electron chi connectivity index (χ2n) is 15.9. The number of thiophene rings is 1. The minimum Gasteiger partial charge on any atom is -0.459 e. The maximum Gasteiger partial charge on any atom is 0.316 e. The number of esters is 1. The largest absolute Gasteiger partial charge is 0.459 e. The number of carbonyl (C=O) groups is 3. The zero-order chi connectivity index (χ0) is 41.5. The van der Waals surface area contributed by atoms with E-state index >= 15 is 0 Å². The van der Waals surface area contributed by atoms with Crippen molar-refractivity contribution in [1.29, 1.82) is 0 Å². The Morgan fingerprint density at radius 3 is 2.50 bits per heavy atom. The van der Waals surface area contributed by atoms with Gasteiger partial charge in [0, 0.05) is 40.8 Å². The summed E-state index contributed by atoms with van der Waals surface area (Å²) in [6.45, 7) is 12.9. The van der Waals surface area contributed by atoms with Gasteiger partial charge in [-0.2, -0.15) is 0 Å². The molecule has 4 rings (SSSR count). The first-order valence-electron chi connectivity index (χ1n) is 19.2. The Labute approximate surface area is 333 Å². The van der Waals surface area contributed by atoms with E-state index in [0.717, 1.165) is 4.88 Å². The van der Waals surface area contributed by atoms with Crippen molar-refractivity contribution in [3.63, 3.8) is 0 Å². The molecule has 0 unspecified atom stereocenters. The zero-order valence-electron chi connectivity index (χ0n) is 34.2. The number of Topliss-reactive ketones (excluding diaryl/α,β-unsaturated/α-hetero) is 1. The quantitative estimate of drug-likeness (QED) is 0.113. The predicted octanol–water partition coefficient (Wildman–Crippen LogP) is 3.75. The molecule has 56 heavy (non-hydrogen) atoms. The Balaban J connectivity index is 1.89. The van der Waals surface area contributed by atoms with Crippen LogP contribution in [0.4, 0.5) is 0 Å². The van der Waals surface area contributed by atoms with E-state index < -0.39 is 77.3 Å². The number of aliphatic hydroxyl groups excluding tert-OH is 1. The summed E-state index contributed by atoms with van der Waals surface area (Å²) >= 11 is 1.35. The van der Waals surface area contributed by atoms with Crippen molar-refractivity contribution in [2.45, 2.75) is 142 Å². The Bertz CT molecular complexity index is 1610. The van der Waals surface area contributed by atoms with Crippen LogP contribution in [0.5, 0.6) is 0 Å². The van der Waals surface area contributed by atoms with Crippen LogP contribution in [0.25, 0.3) is 0 Å². The van der Waals surface area contributed by atoms with Crippen LogP contribution in [0.15, 0.2) is 27.4 Å². The lowest BCUT2D eigenvalue weighted by molar-refractivity contribution is -0.296. The van der Waals surface area contributed by atoms with Gasteiger partial charge >= 0.3 is 5.97 Å². The molecule has 0 saturated carbocycles. The lowest BCUT2D eigenvalue weighted by Crippen LogP contribution is -2.59. The Morgan fingerprint density at radius 1 is 1.14 bits per heavy atom. The van der Waals surface area contributed by atoms with Gasteiger partial charge in [-0.25, -0.2) is 4.99 Å². The number of carbonyl (C=O) groups excluding carboxylic acids is 3. The third-order valence-electron chi connectivity index (χ3n) is 11.0. The number of oxime groups is 2. The fourth-order valence-corrected chi connectivity index (χ4v) is 8.59. The molecule has 0 aromatic carbocycles. The minimum atomic E-state index is -1.83. The van der Waals surface area contributed by atoms with Crippen molar-refractivity contribution in [3.05, 3.63) is 21.9 Å². The Hall–Kier alpha value is -3.16. The molecule has 1 amide bonds. The molecule has 12 atom stereocenters. The number of rotatable bonds is 8. The van der Waals surface area contributed by atoms with Crippen molar-refractivity contribution in [3.8, 4) is 0 Å². The summed E-state index contributed by atoms with van der Waals surface area (Å²) in [7, 11) is 3.71. The minimum absolute atomic E-state index is 0.0293. The van der Waals surface area contributed by atoms with Crippen molar-refractivity contribution in [2.24, 2.45) is 33.1 Å². The molecule has 1 aromatic heterocycles. The maximum absolute atomic E-state index is 14.4. The van der Waals surface area contributed by atoms with Crippen LogP contribution in [-0.2, 0) is 49.5 Å². The average Bonchev–Trinajstić information content (AvgIpc) is 3.57. The van der Waals surface area contributed by atoms with Crippen molar-refractivity contribution < 1.29 is 58.3 Å². The lowest BCUT2D eigenvalue weighted by atomic mass is 9.76. The average molecular weight is 809 g/mol. The number of aliphatic imine (C=N–C) groups is 1. The van der Waals surface area contributed by atoms with Crippen molar-refractivity contribution in [1.82, 2.24) is 4.90 Å². The molecular weight excluding hydrogens is 749 g/mol. The molecule has 0 radical (unpaired) electrons. The first-order valence-corrected chi connectivity index (χ1v) is 20.0. The molecule has 3 saturated heterocycles. The van der Waals surface area contributed by atoms with E-state index in [1.54, 1.807) is 26.8 Å². The molecule has 1 aromatic rings. The molecule has 0 aliphatic carbocycles. The fourth-order valence-electron chi connectivity index (χ4n) is 7.81. The Kier molecular flexibility index (Phi) is 15.9. The number of nitrogens with zero attached hydrogens (tertiary/aromatic N) is 4.